The molecule has 0 atom stereocenters. The molecule has 172 valence electrons. The van der Waals surface area contributed by atoms with Crippen LogP contribution >= 0.6 is 0 Å². The number of hydrogen-bond donors (Lipinski definition) is 1. The number of aromatic nitrogens is 2. The van der Waals surface area contributed by atoms with Crippen molar-refractivity contribution in [1.82, 2.24) is 9.78 Å². The van der Waals surface area contributed by atoms with Crippen LogP contribution in [-0.2, 0) is 20.9 Å². The van der Waals surface area contributed by atoms with E-state index in [9.17, 15) is 18.8 Å². The Kier molecular flexibility index (Phi) is 6.78. The molecule has 1 aromatic heterocycles. The van der Waals surface area contributed by atoms with Gasteiger partial charge < -0.3 is 19.2 Å². The lowest BCUT2D eigenvalue weighted by molar-refractivity contribution is -0.148. The van der Waals surface area contributed by atoms with Crippen molar-refractivity contribution in [3.8, 4) is 23.0 Å². The van der Waals surface area contributed by atoms with E-state index in [1.807, 2.05) is 18.2 Å². The summed E-state index contributed by atoms with van der Waals surface area (Å²) in [6.45, 7) is -1.15. The van der Waals surface area contributed by atoms with Crippen LogP contribution in [0.15, 0.2) is 88.1 Å². The second-order valence-electron chi connectivity index (χ2n) is 6.96. The van der Waals surface area contributed by atoms with Gasteiger partial charge in [0.2, 0.25) is 5.89 Å². The highest BCUT2D eigenvalue weighted by Gasteiger charge is 2.16. The summed E-state index contributed by atoms with van der Waals surface area (Å²) in [6.07, 6.45) is 0. The zero-order valence-corrected chi connectivity index (χ0v) is 17.6. The molecule has 4 aromatic rings. The van der Waals surface area contributed by atoms with E-state index >= 15 is 0 Å². The predicted octanol–water partition coefficient (Wildman–Crippen LogP) is 3.62. The van der Waals surface area contributed by atoms with Gasteiger partial charge in [-0.1, -0.05) is 30.3 Å². The van der Waals surface area contributed by atoms with Crippen LogP contribution in [0.5, 0.6) is 11.5 Å². The summed E-state index contributed by atoms with van der Waals surface area (Å²) in [5.41, 5.74) is 0.755. The number of para-hydroxylation sites is 3. The van der Waals surface area contributed by atoms with Crippen molar-refractivity contribution in [3.63, 3.8) is 0 Å². The number of esters is 1. The standard InChI is InChI=1S/C24H18FN3O6/c25-17-12-10-16(11-13-17)23-27-28(24(31)34-23)14-22(30)32-15-21(29)26-19-8-4-5-9-20(19)33-18-6-2-1-3-7-18/h1-13H,14-15H2,(H,26,29). The number of nitrogens with one attached hydrogen (secondary N) is 1. The molecule has 0 saturated heterocycles. The molecule has 1 heterocycles. The van der Waals surface area contributed by atoms with Crippen molar-refractivity contribution in [2.24, 2.45) is 0 Å². The molecule has 1 amide bonds. The predicted molar refractivity (Wildman–Crippen MR) is 119 cm³/mol. The fraction of sp³-hybridized carbons (Fsp3) is 0.0833. The van der Waals surface area contributed by atoms with Gasteiger partial charge in [0, 0.05) is 5.56 Å². The Bertz CT molecular complexity index is 1350. The van der Waals surface area contributed by atoms with Crippen molar-refractivity contribution in [2.75, 3.05) is 11.9 Å². The van der Waals surface area contributed by atoms with E-state index in [0.717, 1.165) is 4.68 Å². The topological polar surface area (TPSA) is 113 Å². The van der Waals surface area contributed by atoms with Gasteiger partial charge in [0.05, 0.1) is 5.69 Å². The third-order valence-electron chi connectivity index (χ3n) is 4.47. The number of carbonyl (C=O) groups is 2. The lowest BCUT2D eigenvalue weighted by atomic mass is 10.2. The first-order valence-corrected chi connectivity index (χ1v) is 10.1. The van der Waals surface area contributed by atoms with Crippen molar-refractivity contribution in [1.29, 1.82) is 0 Å². The quantitative estimate of drug-likeness (QED) is 0.397. The summed E-state index contributed by atoms with van der Waals surface area (Å²) in [7, 11) is 0. The zero-order chi connectivity index (χ0) is 23.9. The average molecular weight is 463 g/mol. The minimum atomic E-state index is -0.896. The molecule has 1 N–H and O–H groups in total. The molecule has 0 aliphatic carbocycles. The minimum Gasteiger partial charge on any atom is -0.455 e. The molecule has 0 saturated carbocycles. The highest BCUT2D eigenvalue weighted by atomic mass is 19.1. The lowest BCUT2D eigenvalue weighted by Gasteiger charge is -2.12. The van der Waals surface area contributed by atoms with Gasteiger partial charge in [0.15, 0.2) is 12.4 Å². The maximum absolute atomic E-state index is 13.0. The van der Waals surface area contributed by atoms with Gasteiger partial charge >= 0.3 is 11.7 Å². The lowest BCUT2D eigenvalue weighted by Crippen LogP contribution is -2.26. The first-order chi connectivity index (χ1) is 16.5. The number of benzene rings is 3. The Morgan fingerprint density at radius 1 is 0.971 bits per heavy atom. The molecule has 0 spiro atoms. The zero-order valence-electron chi connectivity index (χ0n) is 17.6. The number of anilines is 1. The fourth-order valence-electron chi connectivity index (χ4n) is 2.89. The van der Waals surface area contributed by atoms with Crippen LogP contribution in [0.25, 0.3) is 11.5 Å². The Morgan fingerprint density at radius 2 is 1.68 bits per heavy atom. The van der Waals surface area contributed by atoms with E-state index in [0.29, 0.717) is 22.7 Å². The molecular weight excluding hydrogens is 445 g/mol. The Morgan fingerprint density at radius 3 is 2.44 bits per heavy atom. The summed E-state index contributed by atoms with van der Waals surface area (Å²) in [5.74, 6) is -1.90. The average Bonchev–Trinajstić information content (AvgIpc) is 3.20. The number of carbonyl (C=O) groups excluding carboxylic acids is 2. The molecule has 0 fully saturated rings. The van der Waals surface area contributed by atoms with Crippen LogP contribution in [-0.4, -0.2) is 28.3 Å². The monoisotopic (exact) mass is 463 g/mol. The van der Waals surface area contributed by atoms with Crippen molar-refractivity contribution < 1.29 is 27.9 Å². The van der Waals surface area contributed by atoms with Gasteiger partial charge in [-0.25, -0.2) is 9.18 Å². The molecule has 3 aromatic carbocycles. The third kappa shape index (κ3) is 5.74. The molecule has 0 radical (unpaired) electrons. The largest absolute Gasteiger partial charge is 0.455 e. The van der Waals surface area contributed by atoms with Crippen molar-refractivity contribution in [2.45, 2.75) is 6.54 Å². The van der Waals surface area contributed by atoms with Gasteiger partial charge in [0.25, 0.3) is 5.91 Å². The summed E-state index contributed by atoms with van der Waals surface area (Å²) in [4.78, 5) is 36.3. The van der Waals surface area contributed by atoms with Crippen LogP contribution in [0.1, 0.15) is 0 Å². The van der Waals surface area contributed by atoms with Crippen LogP contribution in [0.4, 0.5) is 10.1 Å². The molecule has 4 rings (SSSR count). The summed E-state index contributed by atoms with van der Waals surface area (Å²) in [5, 5.41) is 6.51. The van der Waals surface area contributed by atoms with Gasteiger partial charge in [-0.2, -0.15) is 4.68 Å². The number of ether oxygens (including phenoxy) is 2. The second kappa shape index (κ2) is 10.3. The third-order valence-corrected chi connectivity index (χ3v) is 4.47. The normalized spacial score (nSPS) is 10.5. The molecule has 34 heavy (non-hydrogen) atoms. The van der Waals surface area contributed by atoms with Gasteiger partial charge in [-0.15, -0.1) is 5.10 Å². The Labute approximate surface area is 192 Å². The van der Waals surface area contributed by atoms with E-state index < -0.39 is 36.6 Å². The minimum absolute atomic E-state index is 0.0782. The smallest absolute Gasteiger partial charge is 0.437 e. The number of rotatable bonds is 8. The van der Waals surface area contributed by atoms with E-state index in [-0.39, 0.29) is 5.89 Å². The summed E-state index contributed by atoms with van der Waals surface area (Å²) < 4.78 is 29.5. The summed E-state index contributed by atoms with van der Waals surface area (Å²) in [6, 6.07) is 21.0. The van der Waals surface area contributed by atoms with Gasteiger partial charge in [-0.3, -0.25) is 9.59 Å². The van der Waals surface area contributed by atoms with E-state index in [4.69, 9.17) is 13.9 Å². The first kappa shape index (κ1) is 22.5. The van der Waals surface area contributed by atoms with Crippen LogP contribution in [0.2, 0.25) is 0 Å². The van der Waals surface area contributed by atoms with Crippen LogP contribution in [0, 0.1) is 5.82 Å². The Hall–Kier alpha value is -4.73. The Balaban J connectivity index is 1.32. The number of hydrogen-bond acceptors (Lipinski definition) is 7. The van der Waals surface area contributed by atoms with Crippen LogP contribution in [0.3, 0.4) is 0 Å². The highest BCUT2D eigenvalue weighted by Crippen LogP contribution is 2.29. The van der Waals surface area contributed by atoms with Gasteiger partial charge in [0.1, 0.15) is 18.1 Å². The molecule has 0 bridgehead atoms. The fourth-order valence-corrected chi connectivity index (χ4v) is 2.89. The second-order valence-corrected chi connectivity index (χ2v) is 6.96. The number of nitrogens with zero attached hydrogens (tertiary/aromatic N) is 2. The van der Waals surface area contributed by atoms with E-state index in [2.05, 4.69) is 10.4 Å². The van der Waals surface area contributed by atoms with E-state index in [1.165, 1.54) is 24.3 Å². The maximum atomic E-state index is 13.0. The number of halogens is 1. The SMILES string of the molecule is O=C(COC(=O)Cn1nc(-c2ccc(F)cc2)oc1=O)Nc1ccccc1Oc1ccccc1. The number of amides is 1. The summed E-state index contributed by atoms with van der Waals surface area (Å²) >= 11 is 0. The molecule has 10 heteroatoms. The maximum Gasteiger partial charge on any atom is 0.437 e. The van der Waals surface area contributed by atoms with Crippen LogP contribution < -0.4 is 15.8 Å². The first-order valence-electron chi connectivity index (χ1n) is 10.1. The molecular formula is C24H18FN3O6. The molecule has 0 aliphatic rings. The van der Waals surface area contributed by atoms with E-state index in [1.54, 1.807) is 36.4 Å². The highest BCUT2D eigenvalue weighted by molar-refractivity contribution is 5.94. The van der Waals surface area contributed by atoms with Crippen molar-refractivity contribution >= 4 is 17.6 Å². The van der Waals surface area contributed by atoms with Crippen molar-refractivity contribution in [3.05, 3.63) is 95.2 Å². The molecule has 0 unspecified atom stereocenters. The molecule has 0 aliphatic heterocycles. The van der Waals surface area contributed by atoms with Gasteiger partial charge in [-0.05, 0) is 48.5 Å². The molecule has 9 nitrogen and oxygen atoms in total.